The Hall–Kier alpha value is -1.84. The average molecular weight is 272 g/mol. The molecule has 0 radical (unpaired) electrons. The van der Waals surface area contributed by atoms with Crippen molar-refractivity contribution in [2.24, 2.45) is 0 Å². The lowest BCUT2D eigenvalue weighted by molar-refractivity contribution is -0.117. The molecule has 2 heterocycles. The van der Waals surface area contributed by atoms with Gasteiger partial charge in [-0.2, -0.15) is 0 Å². The highest BCUT2D eigenvalue weighted by atomic mass is 16.2. The molecule has 1 aromatic carbocycles. The fourth-order valence-corrected chi connectivity index (χ4v) is 3.06. The minimum atomic E-state index is 0.0966. The van der Waals surface area contributed by atoms with Gasteiger partial charge in [-0.15, -0.1) is 0 Å². The normalized spacial score (nSPS) is 18.9. The third-order valence-corrected chi connectivity index (χ3v) is 4.30. The minimum Gasteiger partial charge on any atom is -0.339 e. The lowest BCUT2D eigenvalue weighted by Gasteiger charge is -2.20. The van der Waals surface area contributed by atoms with Crippen LogP contribution in [0.25, 0.3) is 0 Å². The van der Waals surface area contributed by atoms with E-state index in [4.69, 9.17) is 0 Å². The van der Waals surface area contributed by atoms with E-state index >= 15 is 0 Å². The van der Waals surface area contributed by atoms with Gasteiger partial charge in [-0.1, -0.05) is 12.8 Å². The molecule has 3 rings (SSSR count). The highest BCUT2D eigenvalue weighted by Gasteiger charge is 2.26. The zero-order valence-corrected chi connectivity index (χ0v) is 11.9. The van der Waals surface area contributed by atoms with Crippen LogP contribution in [0.4, 0.5) is 5.69 Å². The van der Waals surface area contributed by atoms with Crippen LogP contribution in [-0.4, -0.2) is 36.9 Å². The number of nitrogens with zero attached hydrogens (tertiary/aromatic N) is 2. The molecule has 2 aliphatic rings. The number of rotatable bonds is 1. The van der Waals surface area contributed by atoms with Crippen LogP contribution in [0.5, 0.6) is 0 Å². The second-order valence-electron chi connectivity index (χ2n) is 5.68. The quantitative estimate of drug-likeness (QED) is 0.786. The van der Waals surface area contributed by atoms with E-state index in [0.717, 1.165) is 37.2 Å². The maximum Gasteiger partial charge on any atom is 0.253 e. The summed E-state index contributed by atoms with van der Waals surface area (Å²) in [5.41, 5.74) is 2.62. The molecule has 0 aromatic heterocycles. The van der Waals surface area contributed by atoms with Crippen LogP contribution >= 0.6 is 0 Å². The lowest BCUT2D eigenvalue weighted by atomic mass is 10.1. The van der Waals surface area contributed by atoms with Crippen molar-refractivity contribution in [2.45, 2.75) is 32.1 Å². The van der Waals surface area contributed by atoms with Crippen LogP contribution in [0.2, 0.25) is 0 Å². The highest BCUT2D eigenvalue weighted by Crippen LogP contribution is 2.28. The molecule has 106 valence electrons. The second kappa shape index (κ2) is 5.27. The number of fused-ring (bicyclic) bond motifs is 1. The van der Waals surface area contributed by atoms with Crippen molar-refractivity contribution in [1.29, 1.82) is 0 Å². The lowest BCUT2D eigenvalue weighted by Crippen LogP contribution is -2.31. The molecule has 4 nitrogen and oxygen atoms in total. The summed E-state index contributed by atoms with van der Waals surface area (Å²) >= 11 is 0. The highest BCUT2D eigenvalue weighted by molar-refractivity contribution is 6.03. The van der Waals surface area contributed by atoms with Gasteiger partial charge in [-0.3, -0.25) is 9.59 Å². The molecule has 4 heteroatoms. The fraction of sp³-hybridized carbons (Fsp3) is 0.500. The first kappa shape index (κ1) is 13.2. The van der Waals surface area contributed by atoms with Crippen molar-refractivity contribution < 1.29 is 9.59 Å². The first-order chi connectivity index (χ1) is 9.66. The maximum atomic E-state index is 12.5. The van der Waals surface area contributed by atoms with Crippen molar-refractivity contribution in [2.75, 3.05) is 25.0 Å². The molecular formula is C16H20N2O2. The molecule has 1 fully saturated rings. The van der Waals surface area contributed by atoms with Crippen LogP contribution in [0.3, 0.4) is 0 Å². The van der Waals surface area contributed by atoms with E-state index in [-0.39, 0.29) is 11.8 Å². The van der Waals surface area contributed by atoms with Gasteiger partial charge in [0.1, 0.15) is 0 Å². The Morgan fingerprint density at radius 3 is 2.50 bits per heavy atom. The number of benzene rings is 1. The van der Waals surface area contributed by atoms with E-state index < -0.39 is 0 Å². The summed E-state index contributed by atoms with van der Waals surface area (Å²) < 4.78 is 0. The van der Waals surface area contributed by atoms with E-state index in [9.17, 15) is 9.59 Å². The first-order valence-corrected chi connectivity index (χ1v) is 7.35. The molecule has 1 aromatic rings. The average Bonchev–Trinajstić information content (AvgIpc) is 2.65. The zero-order chi connectivity index (χ0) is 14.1. The molecule has 20 heavy (non-hydrogen) atoms. The topological polar surface area (TPSA) is 40.6 Å². The predicted octanol–water partition coefficient (Wildman–Crippen LogP) is 2.22. The standard InChI is InChI=1S/C16H20N2O2/c1-17-14-7-6-12(10-13(14)11-15(17)19)16(20)18-8-4-2-3-5-9-18/h6-7,10H,2-5,8-9,11H2,1H3. The van der Waals surface area contributed by atoms with Crippen molar-refractivity contribution >= 4 is 17.5 Å². The van der Waals surface area contributed by atoms with E-state index in [1.807, 2.05) is 23.1 Å². The summed E-state index contributed by atoms with van der Waals surface area (Å²) in [6.45, 7) is 1.71. The fourth-order valence-electron chi connectivity index (χ4n) is 3.06. The molecule has 0 N–H and O–H groups in total. The van der Waals surface area contributed by atoms with Gasteiger partial charge in [0.2, 0.25) is 5.91 Å². The Kier molecular flexibility index (Phi) is 3.47. The molecular weight excluding hydrogens is 252 g/mol. The molecule has 0 atom stereocenters. The van der Waals surface area contributed by atoms with E-state index in [2.05, 4.69) is 0 Å². The third kappa shape index (κ3) is 2.30. The third-order valence-electron chi connectivity index (χ3n) is 4.30. The van der Waals surface area contributed by atoms with Crippen LogP contribution < -0.4 is 4.90 Å². The first-order valence-electron chi connectivity index (χ1n) is 7.35. The largest absolute Gasteiger partial charge is 0.339 e. The van der Waals surface area contributed by atoms with Gasteiger partial charge in [0.25, 0.3) is 5.91 Å². The number of amides is 2. The molecule has 1 saturated heterocycles. The number of likely N-dealkylation sites (tertiary alicyclic amines) is 1. The molecule has 0 unspecified atom stereocenters. The van der Waals surface area contributed by atoms with Crippen molar-refractivity contribution in [1.82, 2.24) is 4.90 Å². The number of carbonyl (C=O) groups excluding carboxylic acids is 2. The smallest absolute Gasteiger partial charge is 0.253 e. The number of carbonyl (C=O) groups is 2. The van der Waals surface area contributed by atoms with E-state index in [0.29, 0.717) is 12.0 Å². The van der Waals surface area contributed by atoms with Crippen LogP contribution in [-0.2, 0) is 11.2 Å². The molecule has 0 aliphatic carbocycles. The summed E-state index contributed by atoms with van der Waals surface area (Å²) in [5, 5.41) is 0. The summed E-state index contributed by atoms with van der Waals surface area (Å²) in [5.74, 6) is 0.205. The Balaban J connectivity index is 1.82. The number of hydrogen-bond donors (Lipinski definition) is 0. The van der Waals surface area contributed by atoms with Gasteiger partial charge < -0.3 is 9.80 Å². The summed E-state index contributed by atoms with van der Waals surface area (Å²) in [6, 6.07) is 5.64. The summed E-state index contributed by atoms with van der Waals surface area (Å²) in [7, 11) is 1.78. The second-order valence-corrected chi connectivity index (χ2v) is 5.68. The van der Waals surface area contributed by atoms with Crippen LogP contribution in [0.15, 0.2) is 18.2 Å². The molecule has 0 saturated carbocycles. The molecule has 0 bridgehead atoms. The van der Waals surface area contributed by atoms with E-state index in [1.54, 1.807) is 11.9 Å². The van der Waals surface area contributed by atoms with Gasteiger partial charge in [-0.25, -0.2) is 0 Å². The monoisotopic (exact) mass is 272 g/mol. The van der Waals surface area contributed by atoms with Gasteiger partial charge in [0.05, 0.1) is 6.42 Å². The predicted molar refractivity (Wildman–Crippen MR) is 77.9 cm³/mol. The Morgan fingerprint density at radius 1 is 1.10 bits per heavy atom. The van der Waals surface area contributed by atoms with Crippen LogP contribution in [0, 0.1) is 0 Å². The molecule has 0 spiro atoms. The molecule has 2 amide bonds. The Labute approximate surface area is 119 Å². The zero-order valence-electron chi connectivity index (χ0n) is 11.9. The van der Waals surface area contributed by atoms with Crippen molar-refractivity contribution in [3.05, 3.63) is 29.3 Å². The summed E-state index contributed by atoms with van der Waals surface area (Å²) in [6.07, 6.45) is 5.03. The van der Waals surface area contributed by atoms with Crippen molar-refractivity contribution in [3.63, 3.8) is 0 Å². The SMILES string of the molecule is CN1C(=O)Cc2cc(C(=O)N3CCCCCC3)ccc21. The van der Waals surface area contributed by atoms with Crippen LogP contribution in [0.1, 0.15) is 41.6 Å². The van der Waals surface area contributed by atoms with Gasteiger partial charge in [-0.05, 0) is 36.6 Å². The van der Waals surface area contributed by atoms with E-state index in [1.165, 1.54) is 12.8 Å². The molecule has 2 aliphatic heterocycles. The van der Waals surface area contributed by atoms with Gasteiger partial charge in [0, 0.05) is 31.4 Å². The summed E-state index contributed by atoms with van der Waals surface area (Å²) in [4.78, 5) is 27.8. The number of hydrogen-bond acceptors (Lipinski definition) is 2. The maximum absolute atomic E-state index is 12.5. The number of anilines is 1. The van der Waals surface area contributed by atoms with Crippen molar-refractivity contribution in [3.8, 4) is 0 Å². The van der Waals surface area contributed by atoms with Gasteiger partial charge >= 0.3 is 0 Å². The Morgan fingerprint density at radius 2 is 1.80 bits per heavy atom. The van der Waals surface area contributed by atoms with Gasteiger partial charge in [0.15, 0.2) is 0 Å². The Bertz CT molecular complexity index is 545. The number of likely N-dealkylation sites (N-methyl/N-ethyl adjacent to an activating group) is 1. The minimum absolute atomic E-state index is 0.0966.